The molecule has 2 unspecified atom stereocenters. The standard InChI is InChI=1S/C20H29N3O3/c1-3-17-20(25)23(13-19(24)22-10-6-4-5-7-11-22)16-12-15(14(2)21)8-9-18(16)26-17/h8-9,12,14,17H,3-7,10-11,13,21H2,1-2H3. The molecule has 6 heteroatoms. The lowest BCUT2D eigenvalue weighted by atomic mass is 10.0. The van der Waals surface area contributed by atoms with Crippen LogP contribution in [-0.2, 0) is 9.59 Å². The molecule has 2 aliphatic heterocycles. The van der Waals surface area contributed by atoms with Crippen LogP contribution in [0, 0.1) is 0 Å². The predicted octanol–water partition coefficient (Wildman–Crippen LogP) is 2.61. The zero-order chi connectivity index (χ0) is 18.7. The predicted molar refractivity (Wildman–Crippen MR) is 101 cm³/mol. The fraction of sp³-hybridized carbons (Fsp3) is 0.600. The number of hydrogen-bond acceptors (Lipinski definition) is 4. The lowest BCUT2D eigenvalue weighted by Gasteiger charge is -2.35. The maximum Gasteiger partial charge on any atom is 0.268 e. The summed E-state index contributed by atoms with van der Waals surface area (Å²) in [6.45, 7) is 5.43. The van der Waals surface area contributed by atoms with Gasteiger partial charge >= 0.3 is 0 Å². The van der Waals surface area contributed by atoms with E-state index in [9.17, 15) is 9.59 Å². The number of ether oxygens (including phenoxy) is 1. The van der Waals surface area contributed by atoms with Crippen molar-refractivity contribution in [1.29, 1.82) is 0 Å². The topological polar surface area (TPSA) is 75.9 Å². The van der Waals surface area contributed by atoms with Crippen molar-refractivity contribution in [3.63, 3.8) is 0 Å². The molecule has 2 heterocycles. The van der Waals surface area contributed by atoms with Gasteiger partial charge in [-0.2, -0.15) is 0 Å². The van der Waals surface area contributed by atoms with Crippen LogP contribution in [0.4, 0.5) is 5.69 Å². The lowest BCUT2D eigenvalue weighted by Crippen LogP contribution is -2.50. The fourth-order valence-corrected chi connectivity index (χ4v) is 3.60. The van der Waals surface area contributed by atoms with Crippen molar-refractivity contribution < 1.29 is 14.3 Å². The van der Waals surface area contributed by atoms with E-state index in [1.54, 1.807) is 4.90 Å². The van der Waals surface area contributed by atoms with E-state index in [0.717, 1.165) is 31.5 Å². The second kappa shape index (κ2) is 8.08. The van der Waals surface area contributed by atoms with Gasteiger partial charge in [0.1, 0.15) is 12.3 Å². The minimum absolute atomic E-state index is 0.00848. The van der Waals surface area contributed by atoms with Crippen LogP contribution in [0.2, 0.25) is 0 Å². The van der Waals surface area contributed by atoms with E-state index in [1.165, 1.54) is 12.8 Å². The molecule has 1 saturated heterocycles. The molecule has 26 heavy (non-hydrogen) atoms. The number of likely N-dealkylation sites (tertiary alicyclic amines) is 1. The highest BCUT2D eigenvalue weighted by atomic mass is 16.5. The third-order valence-corrected chi connectivity index (χ3v) is 5.23. The first-order valence-corrected chi connectivity index (χ1v) is 9.66. The Morgan fingerprint density at radius 3 is 2.58 bits per heavy atom. The smallest absolute Gasteiger partial charge is 0.268 e. The number of amides is 2. The SMILES string of the molecule is CCC1Oc2ccc(C(C)N)cc2N(CC(=O)N2CCCCCC2)C1=O. The monoisotopic (exact) mass is 359 g/mol. The van der Waals surface area contributed by atoms with Crippen LogP contribution in [0.3, 0.4) is 0 Å². The van der Waals surface area contributed by atoms with Gasteiger partial charge in [-0.1, -0.05) is 25.8 Å². The number of carbonyl (C=O) groups excluding carboxylic acids is 2. The van der Waals surface area contributed by atoms with Crippen LogP contribution in [0.1, 0.15) is 57.6 Å². The molecular formula is C20H29N3O3. The maximum atomic E-state index is 12.9. The van der Waals surface area contributed by atoms with E-state index in [2.05, 4.69) is 0 Å². The van der Waals surface area contributed by atoms with Gasteiger partial charge in [0.25, 0.3) is 5.91 Å². The Hall–Kier alpha value is -2.08. The molecule has 0 aromatic heterocycles. The zero-order valence-corrected chi connectivity index (χ0v) is 15.7. The van der Waals surface area contributed by atoms with Gasteiger partial charge in [-0.25, -0.2) is 0 Å². The van der Waals surface area contributed by atoms with Crippen molar-refractivity contribution >= 4 is 17.5 Å². The molecule has 1 fully saturated rings. The van der Waals surface area contributed by atoms with Gasteiger partial charge in [-0.15, -0.1) is 0 Å². The van der Waals surface area contributed by atoms with E-state index in [-0.39, 0.29) is 24.4 Å². The van der Waals surface area contributed by atoms with E-state index in [0.29, 0.717) is 17.9 Å². The second-order valence-corrected chi connectivity index (χ2v) is 7.25. The Morgan fingerprint density at radius 2 is 1.96 bits per heavy atom. The zero-order valence-electron chi connectivity index (χ0n) is 15.7. The van der Waals surface area contributed by atoms with Gasteiger partial charge in [0.15, 0.2) is 6.10 Å². The Kier molecular flexibility index (Phi) is 5.81. The number of hydrogen-bond donors (Lipinski definition) is 1. The van der Waals surface area contributed by atoms with E-state index in [1.807, 2.05) is 36.9 Å². The van der Waals surface area contributed by atoms with Crippen LogP contribution in [0.25, 0.3) is 0 Å². The van der Waals surface area contributed by atoms with Gasteiger partial charge < -0.3 is 15.4 Å². The molecule has 0 spiro atoms. The summed E-state index contributed by atoms with van der Waals surface area (Å²) >= 11 is 0. The first-order chi connectivity index (χ1) is 12.5. The summed E-state index contributed by atoms with van der Waals surface area (Å²) in [4.78, 5) is 29.2. The second-order valence-electron chi connectivity index (χ2n) is 7.25. The molecule has 1 aromatic carbocycles. The number of carbonyl (C=O) groups is 2. The summed E-state index contributed by atoms with van der Waals surface area (Å²) in [5, 5.41) is 0. The van der Waals surface area contributed by atoms with Crippen molar-refractivity contribution in [2.75, 3.05) is 24.5 Å². The molecule has 6 nitrogen and oxygen atoms in total. The Morgan fingerprint density at radius 1 is 1.27 bits per heavy atom. The van der Waals surface area contributed by atoms with E-state index >= 15 is 0 Å². The highest BCUT2D eigenvalue weighted by molar-refractivity contribution is 6.03. The highest BCUT2D eigenvalue weighted by Gasteiger charge is 2.35. The average Bonchev–Trinajstić information content (AvgIpc) is 2.92. The molecule has 2 atom stereocenters. The third-order valence-electron chi connectivity index (χ3n) is 5.23. The molecule has 0 aliphatic carbocycles. The fourth-order valence-electron chi connectivity index (χ4n) is 3.60. The quantitative estimate of drug-likeness (QED) is 0.897. The largest absolute Gasteiger partial charge is 0.478 e. The van der Waals surface area contributed by atoms with Crippen LogP contribution >= 0.6 is 0 Å². The summed E-state index contributed by atoms with van der Waals surface area (Å²) in [5.41, 5.74) is 7.57. The Bertz CT molecular complexity index is 666. The summed E-state index contributed by atoms with van der Waals surface area (Å²) in [6.07, 6.45) is 4.43. The molecule has 3 rings (SSSR count). The van der Waals surface area contributed by atoms with Crippen LogP contribution < -0.4 is 15.4 Å². The van der Waals surface area contributed by atoms with Gasteiger partial charge in [-0.3, -0.25) is 14.5 Å². The number of anilines is 1. The number of rotatable bonds is 4. The Balaban J connectivity index is 1.87. The number of fused-ring (bicyclic) bond motifs is 1. The van der Waals surface area contributed by atoms with E-state index < -0.39 is 6.10 Å². The summed E-state index contributed by atoms with van der Waals surface area (Å²) < 4.78 is 5.85. The minimum Gasteiger partial charge on any atom is -0.478 e. The first-order valence-electron chi connectivity index (χ1n) is 9.66. The number of nitrogens with zero attached hydrogens (tertiary/aromatic N) is 2. The van der Waals surface area contributed by atoms with Gasteiger partial charge in [-0.05, 0) is 43.9 Å². The number of nitrogens with two attached hydrogens (primary N) is 1. The van der Waals surface area contributed by atoms with Gasteiger partial charge in [0.2, 0.25) is 5.91 Å². The molecule has 2 amide bonds. The van der Waals surface area contributed by atoms with Crippen molar-refractivity contribution in [3.05, 3.63) is 23.8 Å². The Labute approximate surface area is 155 Å². The maximum absolute atomic E-state index is 12.9. The average molecular weight is 359 g/mol. The van der Waals surface area contributed by atoms with Crippen LogP contribution in [-0.4, -0.2) is 42.5 Å². The lowest BCUT2D eigenvalue weighted by molar-refractivity contribution is -0.133. The summed E-state index contributed by atoms with van der Waals surface area (Å²) in [5.74, 6) is 0.503. The summed E-state index contributed by atoms with van der Waals surface area (Å²) in [7, 11) is 0. The van der Waals surface area contributed by atoms with Crippen molar-refractivity contribution in [1.82, 2.24) is 4.90 Å². The van der Waals surface area contributed by atoms with Gasteiger partial charge in [0.05, 0.1) is 5.69 Å². The molecular weight excluding hydrogens is 330 g/mol. The molecule has 0 radical (unpaired) electrons. The molecule has 2 N–H and O–H groups in total. The summed E-state index contributed by atoms with van der Waals surface area (Å²) in [6, 6.07) is 5.50. The molecule has 0 saturated carbocycles. The highest BCUT2D eigenvalue weighted by Crippen LogP contribution is 2.36. The van der Waals surface area contributed by atoms with Crippen LogP contribution in [0.5, 0.6) is 5.75 Å². The molecule has 142 valence electrons. The van der Waals surface area contributed by atoms with Crippen molar-refractivity contribution in [2.24, 2.45) is 5.73 Å². The van der Waals surface area contributed by atoms with Crippen LogP contribution in [0.15, 0.2) is 18.2 Å². The van der Waals surface area contributed by atoms with Gasteiger partial charge in [0, 0.05) is 19.1 Å². The molecule has 1 aromatic rings. The third kappa shape index (κ3) is 3.85. The van der Waals surface area contributed by atoms with Crippen molar-refractivity contribution in [2.45, 2.75) is 58.1 Å². The van der Waals surface area contributed by atoms with E-state index in [4.69, 9.17) is 10.5 Å². The first kappa shape index (κ1) is 18.7. The minimum atomic E-state index is -0.541. The number of benzene rings is 1. The molecule has 0 bridgehead atoms. The normalized spacial score (nSPS) is 21.7. The molecule has 2 aliphatic rings. The van der Waals surface area contributed by atoms with Crippen molar-refractivity contribution in [3.8, 4) is 5.75 Å².